The van der Waals surface area contributed by atoms with Crippen molar-refractivity contribution in [3.05, 3.63) is 96.3 Å². The molecule has 1 N–H and O–H groups in total. The van der Waals surface area contributed by atoms with Crippen LogP contribution in [0.1, 0.15) is 18.3 Å². The van der Waals surface area contributed by atoms with Crippen molar-refractivity contribution in [1.82, 2.24) is 14.8 Å². The first-order valence-corrected chi connectivity index (χ1v) is 12.2. The molecule has 4 aromatic rings. The van der Waals surface area contributed by atoms with Gasteiger partial charge in [-0.2, -0.15) is 0 Å². The van der Waals surface area contributed by atoms with E-state index in [1.165, 1.54) is 17.3 Å². The number of hydrogen-bond acceptors (Lipinski definition) is 5. The highest BCUT2D eigenvalue weighted by molar-refractivity contribution is 8.00. The standard InChI is InChI=1S/C25H24N4OS2/c1-2-29-23(17-19-11-5-3-6-12-19)27-28-25(29)31-18-24(30)26-21-15-9-10-16-22(21)32-20-13-7-4-8-14-20/h3-16H,2,17-18H2,1H3,(H,26,30). The van der Waals surface area contributed by atoms with Crippen LogP contribution in [-0.2, 0) is 17.8 Å². The maximum Gasteiger partial charge on any atom is 0.234 e. The van der Waals surface area contributed by atoms with Crippen LogP contribution in [0.2, 0.25) is 0 Å². The van der Waals surface area contributed by atoms with Crippen LogP contribution < -0.4 is 5.32 Å². The van der Waals surface area contributed by atoms with Crippen molar-refractivity contribution in [2.75, 3.05) is 11.1 Å². The monoisotopic (exact) mass is 460 g/mol. The lowest BCUT2D eigenvalue weighted by Gasteiger charge is -2.11. The fraction of sp³-hybridized carbons (Fsp3) is 0.160. The molecule has 0 saturated carbocycles. The Bertz CT molecular complexity index is 1160. The van der Waals surface area contributed by atoms with Gasteiger partial charge in [-0.05, 0) is 36.8 Å². The minimum atomic E-state index is -0.0635. The van der Waals surface area contributed by atoms with E-state index >= 15 is 0 Å². The van der Waals surface area contributed by atoms with Crippen LogP contribution in [0.5, 0.6) is 0 Å². The topological polar surface area (TPSA) is 59.8 Å². The van der Waals surface area contributed by atoms with E-state index in [9.17, 15) is 4.79 Å². The van der Waals surface area contributed by atoms with Crippen molar-refractivity contribution in [3.63, 3.8) is 0 Å². The molecule has 0 atom stereocenters. The van der Waals surface area contributed by atoms with E-state index in [2.05, 4.69) is 51.3 Å². The van der Waals surface area contributed by atoms with Gasteiger partial charge in [0, 0.05) is 22.8 Å². The Hall–Kier alpha value is -3.03. The van der Waals surface area contributed by atoms with Crippen LogP contribution in [0.25, 0.3) is 0 Å². The van der Waals surface area contributed by atoms with Gasteiger partial charge in [0.2, 0.25) is 5.91 Å². The molecule has 0 spiro atoms. The maximum atomic E-state index is 12.7. The Morgan fingerprint density at radius 3 is 2.34 bits per heavy atom. The molecule has 162 valence electrons. The summed E-state index contributed by atoms with van der Waals surface area (Å²) in [6, 6.07) is 28.2. The summed E-state index contributed by atoms with van der Waals surface area (Å²) in [5.74, 6) is 1.12. The number of thioether (sulfide) groups is 1. The lowest BCUT2D eigenvalue weighted by Crippen LogP contribution is -2.15. The molecule has 4 rings (SSSR count). The van der Waals surface area contributed by atoms with Crippen molar-refractivity contribution in [2.45, 2.75) is 34.8 Å². The van der Waals surface area contributed by atoms with E-state index < -0.39 is 0 Å². The van der Waals surface area contributed by atoms with E-state index in [0.29, 0.717) is 0 Å². The number of hydrogen-bond donors (Lipinski definition) is 1. The van der Waals surface area contributed by atoms with Crippen LogP contribution >= 0.6 is 23.5 Å². The van der Waals surface area contributed by atoms with E-state index in [0.717, 1.165) is 39.4 Å². The summed E-state index contributed by atoms with van der Waals surface area (Å²) < 4.78 is 2.07. The van der Waals surface area contributed by atoms with Gasteiger partial charge >= 0.3 is 0 Å². The molecule has 1 heterocycles. The number of carbonyl (C=O) groups excluding carboxylic acids is 1. The van der Waals surface area contributed by atoms with Crippen LogP contribution in [0.3, 0.4) is 0 Å². The van der Waals surface area contributed by atoms with Crippen molar-refractivity contribution in [3.8, 4) is 0 Å². The Kier molecular flexibility index (Phi) is 7.64. The third kappa shape index (κ3) is 5.81. The Labute approximate surface area is 196 Å². The summed E-state index contributed by atoms with van der Waals surface area (Å²) >= 11 is 3.04. The Morgan fingerprint density at radius 1 is 0.906 bits per heavy atom. The molecule has 0 fully saturated rings. The van der Waals surface area contributed by atoms with Crippen LogP contribution in [0.4, 0.5) is 5.69 Å². The third-order valence-electron chi connectivity index (χ3n) is 4.78. The summed E-state index contributed by atoms with van der Waals surface area (Å²) in [7, 11) is 0. The number of amides is 1. The number of benzene rings is 3. The second-order valence-electron chi connectivity index (χ2n) is 7.05. The van der Waals surface area contributed by atoms with Crippen molar-refractivity contribution in [2.24, 2.45) is 0 Å². The molecule has 0 aliphatic heterocycles. The van der Waals surface area contributed by atoms with Crippen molar-refractivity contribution in [1.29, 1.82) is 0 Å². The maximum absolute atomic E-state index is 12.7. The number of carbonyl (C=O) groups is 1. The number of nitrogens with one attached hydrogen (secondary N) is 1. The van der Waals surface area contributed by atoms with Gasteiger partial charge in [0.05, 0.1) is 11.4 Å². The molecule has 0 saturated heterocycles. The average molecular weight is 461 g/mol. The Balaban J connectivity index is 1.39. The van der Waals surface area contributed by atoms with Gasteiger partial charge in [-0.25, -0.2) is 0 Å². The molecule has 0 aliphatic carbocycles. The minimum Gasteiger partial charge on any atom is -0.324 e. The van der Waals surface area contributed by atoms with E-state index in [4.69, 9.17) is 0 Å². The molecule has 0 bridgehead atoms. The number of nitrogens with zero attached hydrogens (tertiary/aromatic N) is 3. The SMILES string of the molecule is CCn1c(Cc2ccccc2)nnc1SCC(=O)Nc1ccccc1Sc1ccccc1. The summed E-state index contributed by atoms with van der Waals surface area (Å²) in [6.45, 7) is 2.83. The molecule has 0 unspecified atom stereocenters. The van der Waals surface area contributed by atoms with Crippen molar-refractivity contribution < 1.29 is 4.79 Å². The van der Waals surface area contributed by atoms with Crippen molar-refractivity contribution >= 4 is 35.1 Å². The first-order chi connectivity index (χ1) is 15.7. The fourth-order valence-electron chi connectivity index (χ4n) is 3.24. The second kappa shape index (κ2) is 11.0. The second-order valence-corrected chi connectivity index (χ2v) is 9.11. The van der Waals surface area contributed by atoms with E-state index in [-0.39, 0.29) is 11.7 Å². The summed E-state index contributed by atoms with van der Waals surface area (Å²) in [4.78, 5) is 14.8. The molecule has 0 radical (unpaired) electrons. The predicted molar refractivity (Wildman–Crippen MR) is 131 cm³/mol. The smallest absolute Gasteiger partial charge is 0.234 e. The van der Waals surface area contributed by atoms with Gasteiger partial charge in [0.15, 0.2) is 5.16 Å². The minimum absolute atomic E-state index is 0.0635. The molecule has 7 heteroatoms. The van der Waals surface area contributed by atoms with Gasteiger partial charge in [-0.3, -0.25) is 4.79 Å². The largest absolute Gasteiger partial charge is 0.324 e. The van der Waals surface area contributed by atoms with Gasteiger partial charge in [-0.1, -0.05) is 84.2 Å². The van der Waals surface area contributed by atoms with Crippen LogP contribution in [-0.4, -0.2) is 26.4 Å². The normalized spacial score (nSPS) is 10.8. The average Bonchev–Trinajstić information content (AvgIpc) is 3.21. The van der Waals surface area contributed by atoms with Gasteiger partial charge in [0.25, 0.3) is 0 Å². The van der Waals surface area contributed by atoms with Gasteiger partial charge in [-0.15, -0.1) is 10.2 Å². The molecule has 0 aliphatic rings. The summed E-state index contributed by atoms with van der Waals surface area (Å²) in [5, 5.41) is 12.5. The number of anilines is 1. The zero-order valence-electron chi connectivity index (χ0n) is 17.8. The van der Waals surface area contributed by atoms with E-state index in [1.807, 2.05) is 60.7 Å². The number of para-hydroxylation sites is 1. The lowest BCUT2D eigenvalue weighted by molar-refractivity contribution is -0.113. The predicted octanol–water partition coefficient (Wildman–Crippen LogP) is 5.77. The number of rotatable bonds is 9. The fourth-order valence-corrected chi connectivity index (χ4v) is 4.99. The lowest BCUT2D eigenvalue weighted by atomic mass is 10.1. The highest BCUT2D eigenvalue weighted by atomic mass is 32.2. The molecule has 5 nitrogen and oxygen atoms in total. The molecule has 3 aromatic carbocycles. The quantitative estimate of drug-likeness (QED) is 0.321. The molecular weight excluding hydrogens is 436 g/mol. The summed E-state index contributed by atoms with van der Waals surface area (Å²) in [5.41, 5.74) is 2.00. The zero-order valence-corrected chi connectivity index (χ0v) is 19.4. The van der Waals surface area contributed by atoms with Crippen LogP contribution in [0.15, 0.2) is 99.9 Å². The Morgan fingerprint density at radius 2 is 1.59 bits per heavy atom. The first kappa shape index (κ1) is 22.2. The van der Waals surface area contributed by atoms with Crippen LogP contribution in [0, 0.1) is 0 Å². The highest BCUT2D eigenvalue weighted by Crippen LogP contribution is 2.33. The molecule has 1 aromatic heterocycles. The van der Waals surface area contributed by atoms with Gasteiger partial charge < -0.3 is 9.88 Å². The zero-order chi connectivity index (χ0) is 22.2. The van der Waals surface area contributed by atoms with Gasteiger partial charge in [0.1, 0.15) is 5.82 Å². The van der Waals surface area contributed by atoms with E-state index in [1.54, 1.807) is 11.8 Å². The number of aromatic nitrogens is 3. The first-order valence-electron chi connectivity index (χ1n) is 10.4. The highest BCUT2D eigenvalue weighted by Gasteiger charge is 2.14. The molecule has 32 heavy (non-hydrogen) atoms. The molecule has 1 amide bonds. The third-order valence-corrected chi connectivity index (χ3v) is 6.83. The molecular formula is C25H24N4OS2. The summed E-state index contributed by atoms with van der Waals surface area (Å²) in [6.07, 6.45) is 0.721.